The Labute approximate surface area is 165 Å². The van der Waals surface area contributed by atoms with Gasteiger partial charge in [0.1, 0.15) is 12.3 Å². The van der Waals surface area contributed by atoms with Crippen molar-refractivity contribution in [2.75, 3.05) is 26.3 Å². The van der Waals surface area contributed by atoms with Gasteiger partial charge in [-0.3, -0.25) is 14.4 Å². The summed E-state index contributed by atoms with van der Waals surface area (Å²) in [4.78, 5) is 37.9. The van der Waals surface area contributed by atoms with Crippen LogP contribution in [0.15, 0.2) is 36.0 Å². The zero-order valence-electron chi connectivity index (χ0n) is 16.5. The van der Waals surface area contributed by atoms with E-state index in [0.717, 1.165) is 31.4 Å². The quantitative estimate of drug-likeness (QED) is 0.658. The van der Waals surface area contributed by atoms with Crippen LogP contribution in [0.2, 0.25) is 0 Å². The van der Waals surface area contributed by atoms with Crippen molar-refractivity contribution in [2.24, 2.45) is 0 Å². The number of benzene rings is 1. The van der Waals surface area contributed by atoms with Crippen LogP contribution in [0.3, 0.4) is 0 Å². The molecule has 0 bridgehead atoms. The summed E-state index contributed by atoms with van der Waals surface area (Å²) in [5.41, 5.74) is 1.41. The Morgan fingerprint density at radius 1 is 1.11 bits per heavy atom. The zero-order valence-corrected chi connectivity index (χ0v) is 16.5. The summed E-state index contributed by atoms with van der Waals surface area (Å²) in [5, 5.41) is 2.49. The van der Waals surface area contributed by atoms with Gasteiger partial charge in [-0.15, -0.1) is 0 Å². The van der Waals surface area contributed by atoms with E-state index in [9.17, 15) is 14.4 Å². The molecular weight excluding hydrogens is 360 g/mol. The molecule has 152 valence electrons. The van der Waals surface area contributed by atoms with E-state index in [4.69, 9.17) is 9.47 Å². The number of rotatable bonds is 9. The van der Waals surface area contributed by atoms with Crippen LogP contribution >= 0.6 is 0 Å². The molecule has 1 N–H and O–H groups in total. The van der Waals surface area contributed by atoms with Gasteiger partial charge in [-0.05, 0) is 63.8 Å². The van der Waals surface area contributed by atoms with Crippen LogP contribution in [0.5, 0.6) is 5.75 Å². The first-order valence-electron chi connectivity index (χ1n) is 9.71. The number of carbonyl (C=O) groups is 3. The van der Waals surface area contributed by atoms with Crippen LogP contribution in [-0.4, -0.2) is 49.0 Å². The van der Waals surface area contributed by atoms with Gasteiger partial charge in [-0.2, -0.15) is 0 Å². The minimum absolute atomic E-state index is 0.248. The predicted molar refractivity (Wildman–Crippen MR) is 105 cm³/mol. The van der Waals surface area contributed by atoms with Gasteiger partial charge in [-0.1, -0.05) is 6.08 Å². The van der Waals surface area contributed by atoms with E-state index in [1.54, 1.807) is 29.2 Å². The number of hydrogen-bond acceptors (Lipinski definition) is 5. The second kappa shape index (κ2) is 11.1. The summed E-state index contributed by atoms with van der Waals surface area (Å²) in [6.45, 7) is 4.23. The maximum atomic E-state index is 12.3. The second-order valence-electron chi connectivity index (χ2n) is 6.38. The number of likely N-dealkylation sites (N-methyl/N-ethyl adjacent to an activating group) is 1. The largest absolute Gasteiger partial charge is 0.494 e. The molecule has 0 atom stereocenters. The van der Waals surface area contributed by atoms with E-state index in [1.807, 2.05) is 13.8 Å². The Hall–Kier alpha value is -2.83. The van der Waals surface area contributed by atoms with Crippen LogP contribution in [0.1, 0.15) is 49.9 Å². The minimum atomic E-state index is -0.652. The number of amides is 2. The van der Waals surface area contributed by atoms with E-state index in [0.29, 0.717) is 24.5 Å². The SMILES string of the molecule is CCOc1ccc(C(=O)NCC(=O)OCC(=O)N(CC)C2=CCCCC2)cc1. The molecule has 7 nitrogen and oxygen atoms in total. The van der Waals surface area contributed by atoms with E-state index in [1.165, 1.54) is 0 Å². The lowest BCUT2D eigenvalue weighted by molar-refractivity contribution is -0.150. The third-order valence-corrected chi connectivity index (χ3v) is 4.41. The molecule has 0 aliphatic heterocycles. The summed E-state index contributed by atoms with van der Waals surface area (Å²) in [5.74, 6) is -0.623. The van der Waals surface area contributed by atoms with Crippen LogP contribution < -0.4 is 10.1 Å². The highest BCUT2D eigenvalue weighted by Gasteiger charge is 2.19. The molecule has 0 fully saturated rings. The molecule has 1 aliphatic carbocycles. The molecule has 7 heteroatoms. The Bertz CT molecular complexity index is 712. The van der Waals surface area contributed by atoms with Crippen molar-refractivity contribution >= 4 is 17.8 Å². The summed E-state index contributed by atoms with van der Waals surface area (Å²) in [7, 11) is 0. The van der Waals surface area contributed by atoms with Gasteiger partial charge in [-0.25, -0.2) is 0 Å². The standard InChI is InChI=1S/C21H28N2O5/c1-3-23(17-8-6-5-7-9-17)19(24)15-28-20(25)14-22-21(26)16-10-12-18(13-11-16)27-4-2/h8,10-13H,3-7,9,14-15H2,1-2H3,(H,22,26). The Kier molecular flexibility index (Phi) is 8.52. The fourth-order valence-electron chi connectivity index (χ4n) is 3.00. The molecule has 0 aromatic heterocycles. The van der Waals surface area contributed by atoms with Crippen molar-refractivity contribution in [3.8, 4) is 5.75 Å². The van der Waals surface area contributed by atoms with Crippen molar-refractivity contribution in [3.05, 3.63) is 41.6 Å². The summed E-state index contributed by atoms with van der Waals surface area (Å²) in [6.07, 6.45) is 6.11. The van der Waals surface area contributed by atoms with Gasteiger partial charge >= 0.3 is 5.97 Å². The normalized spacial score (nSPS) is 13.3. The Balaban J connectivity index is 1.76. The molecule has 1 aliphatic rings. The smallest absolute Gasteiger partial charge is 0.325 e. The highest BCUT2D eigenvalue weighted by molar-refractivity contribution is 5.96. The fourth-order valence-corrected chi connectivity index (χ4v) is 3.00. The molecule has 1 aromatic rings. The van der Waals surface area contributed by atoms with Gasteiger partial charge in [0.05, 0.1) is 6.61 Å². The number of hydrogen-bond donors (Lipinski definition) is 1. The maximum absolute atomic E-state index is 12.3. The molecule has 28 heavy (non-hydrogen) atoms. The van der Waals surface area contributed by atoms with Crippen molar-refractivity contribution in [3.63, 3.8) is 0 Å². The number of esters is 1. The van der Waals surface area contributed by atoms with E-state index < -0.39 is 11.9 Å². The topological polar surface area (TPSA) is 84.9 Å². The minimum Gasteiger partial charge on any atom is -0.494 e. The van der Waals surface area contributed by atoms with Crippen molar-refractivity contribution in [1.82, 2.24) is 10.2 Å². The van der Waals surface area contributed by atoms with E-state index >= 15 is 0 Å². The van der Waals surface area contributed by atoms with Crippen LogP contribution in [0.4, 0.5) is 0 Å². The molecule has 0 saturated heterocycles. The molecule has 0 spiro atoms. The fraction of sp³-hybridized carbons (Fsp3) is 0.476. The van der Waals surface area contributed by atoms with Crippen molar-refractivity contribution in [1.29, 1.82) is 0 Å². The average Bonchev–Trinajstić information content (AvgIpc) is 2.72. The second-order valence-corrected chi connectivity index (χ2v) is 6.38. The summed E-state index contributed by atoms with van der Waals surface area (Å²) in [6, 6.07) is 6.61. The van der Waals surface area contributed by atoms with Gasteiger partial charge in [0.15, 0.2) is 6.61 Å². The molecule has 0 heterocycles. The number of carbonyl (C=O) groups excluding carboxylic acids is 3. The van der Waals surface area contributed by atoms with Crippen LogP contribution in [-0.2, 0) is 14.3 Å². The molecule has 0 unspecified atom stereocenters. The van der Waals surface area contributed by atoms with Gasteiger partial charge in [0.2, 0.25) is 0 Å². The summed E-state index contributed by atoms with van der Waals surface area (Å²) < 4.78 is 10.3. The highest BCUT2D eigenvalue weighted by atomic mass is 16.5. The first kappa shape index (κ1) is 21.5. The molecular formula is C21H28N2O5. The predicted octanol–water partition coefficient (Wildman–Crippen LogP) is 2.66. The number of nitrogens with zero attached hydrogens (tertiary/aromatic N) is 1. The Morgan fingerprint density at radius 3 is 2.46 bits per heavy atom. The molecule has 0 radical (unpaired) electrons. The average molecular weight is 388 g/mol. The number of ether oxygens (including phenoxy) is 2. The van der Waals surface area contributed by atoms with Crippen molar-refractivity contribution in [2.45, 2.75) is 39.5 Å². The van der Waals surface area contributed by atoms with Gasteiger partial charge in [0.25, 0.3) is 11.8 Å². The Morgan fingerprint density at radius 2 is 1.86 bits per heavy atom. The first-order valence-corrected chi connectivity index (χ1v) is 9.71. The van der Waals surface area contributed by atoms with E-state index in [2.05, 4.69) is 11.4 Å². The van der Waals surface area contributed by atoms with Crippen molar-refractivity contribution < 1.29 is 23.9 Å². The monoisotopic (exact) mass is 388 g/mol. The highest BCUT2D eigenvalue weighted by Crippen LogP contribution is 2.20. The lowest BCUT2D eigenvalue weighted by Crippen LogP contribution is -2.36. The molecule has 1 aromatic carbocycles. The number of allylic oxidation sites excluding steroid dienone is 2. The third kappa shape index (κ3) is 6.40. The van der Waals surface area contributed by atoms with Crippen LogP contribution in [0, 0.1) is 0 Å². The zero-order chi connectivity index (χ0) is 20.4. The lowest BCUT2D eigenvalue weighted by Gasteiger charge is -2.26. The lowest BCUT2D eigenvalue weighted by atomic mass is 10.0. The third-order valence-electron chi connectivity index (χ3n) is 4.41. The molecule has 2 rings (SSSR count). The van der Waals surface area contributed by atoms with E-state index in [-0.39, 0.29) is 19.1 Å². The first-order chi connectivity index (χ1) is 13.5. The molecule has 2 amide bonds. The number of nitrogens with one attached hydrogen (secondary N) is 1. The maximum Gasteiger partial charge on any atom is 0.325 e. The van der Waals surface area contributed by atoms with Gasteiger partial charge in [0, 0.05) is 17.8 Å². The molecule has 0 saturated carbocycles. The summed E-state index contributed by atoms with van der Waals surface area (Å²) >= 11 is 0. The van der Waals surface area contributed by atoms with Crippen LogP contribution in [0.25, 0.3) is 0 Å². The van der Waals surface area contributed by atoms with Gasteiger partial charge < -0.3 is 19.7 Å².